The molecule has 0 aliphatic carbocycles. The number of carbonyl (C=O) groups excluding carboxylic acids is 1. The molecule has 0 bridgehead atoms. The van der Waals surface area contributed by atoms with Gasteiger partial charge in [-0.1, -0.05) is 0 Å². The molecule has 2 aliphatic rings. The van der Waals surface area contributed by atoms with Crippen LogP contribution >= 0.6 is 24.2 Å². The van der Waals surface area contributed by atoms with Gasteiger partial charge in [-0.2, -0.15) is 0 Å². The lowest BCUT2D eigenvalue weighted by Crippen LogP contribution is -2.47. The number of rotatable bonds is 2. The molecule has 0 aromatic heterocycles. The van der Waals surface area contributed by atoms with Crippen molar-refractivity contribution in [2.45, 2.75) is 24.9 Å². The Labute approximate surface area is 100 Å². The standard InChI is InChI=1S/C9H16N2O2S.ClH/c12-9(8-5-14-6-10-8)11-7-1-3-13-4-2-7;/h7-8,10H,1-6H2,(H,11,12);1H. The fourth-order valence-electron chi connectivity index (χ4n) is 1.71. The van der Waals surface area contributed by atoms with Crippen LogP contribution in [0.1, 0.15) is 12.8 Å². The monoisotopic (exact) mass is 252 g/mol. The molecule has 0 aromatic rings. The van der Waals surface area contributed by atoms with E-state index in [4.69, 9.17) is 4.74 Å². The fraction of sp³-hybridized carbons (Fsp3) is 0.889. The maximum absolute atomic E-state index is 11.7. The van der Waals surface area contributed by atoms with Crippen molar-refractivity contribution in [2.24, 2.45) is 0 Å². The number of thioether (sulfide) groups is 1. The van der Waals surface area contributed by atoms with Crippen molar-refractivity contribution in [3.63, 3.8) is 0 Å². The Balaban J connectivity index is 0.00000112. The highest BCUT2D eigenvalue weighted by atomic mass is 35.5. The molecule has 2 aliphatic heterocycles. The van der Waals surface area contributed by atoms with E-state index in [-0.39, 0.29) is 24.4 Å². The van der Waals surface area contributed by atoms with Crippen molar-refractivity contribution in [2.75, 3.05) is 24.8 Å². The second-order valence-corrected chi connectivity index (χ2v) is 4.70. The maximum atomic E-state index is 11.7. The molecule has 2 fully saturated rings. The molecule has 6 heteroatoms. The van der Waals surface area contributed by atoms with Crippen LogP contribution in [0.2, 0.25) is 0 Å². The van der Waals surface area contributed by atoms with Gasteiger partial charge in [0, 0.05) is 30.9 Å². The van der Waals surface area contributed by atoms with Crippen LogP contribution in [-0.2, 0) is 9.53 Å². The third-order valence-corrected chi connectivity index (χ3v) is 3.54. The van der Waals surface area contributed by atoms with E-state index < -0.39 is 0 Å². The topological polar surface area (TPSA) is 50.4 Å². The predicted octanol–water partition coefficient (Wildman–Crippen LogP) is 0.366. The summed E-state index contributed by atoms with van der Waals surface area (Å²) in [4.78, 5) is 11.7. The average molecular weight is 253 g/mol. The quantitative estimate of drug-likeness (QED) is 0.746. The number of ether oxygens (including phenoxy) is 1. The molecular formula is C9H17ClN2O2S. The van der Waals surface area contributed by atoms with E-state index in [1.807, 2.05) is 0 Å². The van der Waals surface area contributed by atoms with Crippen molar-refractivity contribution in [3.05, 3.63) is 0 Å². The third-order valence-electron chi connectivity index (χ3n) is 2.60. The Morgan fingerprint density at radius 1 is 1.40 bits per heavy atom. The van der Waals surface area contributed by atoms with Crippen molar-refractivity contribution < 1.29 is 9.53 Å². The highest BCUT2D eigenvalue weighted by Crippen LogP contribution is 2.11. The number of nitrogens with one attached hydrogen (secondary N) is 2. The van der Waals surface area contributed by atoms with Crippen LogP contribution in [0.15, 0.2) is 0 Å². The molecule has 2 saturated heterocycles. The van der Waals surface area contributed by atoms with E-state index in [1.54, 1.807) is 11.8 Å². The number of hydrogen-bond donors (Lipinski definition) is 2. The Hall–Kier alpha value is 0.0300. The molecule has 1 unspecified atom stereocenters. The molecule has 15 heavy (non-hydrogen) atoms. The molecular weight excluding hydrogens is 236 g/mol. The fourth-order valence-corrected chi connectivity index (χ4v) is 2.65. The van der Waals surface area contributed by atoms with Crippen LogP contribution < -0.4 is 10.6 Å². The Morgan fingerprint density at radius 3 is 2.73 bits per heavy atom. The highest BCUT2D eigenvalue weighted by Gasteiger charge is 2.25. The highest BCUT2D eigenvalue weighted by molar-refractivity contribution is 7.99. The largest absolute Gasteiger partial charge is 0.381 e. The zero-order valence-corrected chi connectivity index (χ0v) is 10.2. The summed E-state index contributed by atoms with van der Waals surface area (Å²) < 4.78 is 5.24. The first-order valence-electron chi connectivity index (χ1n) is 5.05. The second-order valence-electron chi connectivity index (χ2n) is 3.67. The summed E-state index contributed by atoms with van der Waals surface area (Å²) in [5.74, 6) is 1.95. The number of halogens is 1. The van der Waals surface area contributed by atoms with Gasteiger partial charge in [0.2, 0.25) is 5.91 Å². The first-order chi connectivity index (χ1) is 6.86. The molecule has 1 atom stereocenters. The first kappa shape index (κ1) is 13.1. The summed E-state index contributed by atoms with van der Waals surface area (Å²) >= 11 is 1.78. The molecule has 0 saturated carbocycles. The van der Waals surface area contributed by atoms with Gasteiger partial charge in [0.1, 0.15) is 0 Å². The Kier molecular flexibility index (Phi) is 5.74. The molecule has 0 radical (unpaired) electrons. The van der Waals surface area contributed by atoms with Crippen molar-refractivity contribution in [1.29, 1.82) is 0 Å². The van der Waals surface area contributed by atoms with E-state index in [0.29, 0.717) is 6.04 Å². The van der Waals surface area contributed by atoms with Crippen LogP contribution in [0, 0.1) is 0 Å². The van der Waals surface area contributed by atoms with Gasteiger partial charge in [0.15, 0.2) is 0 Å². The lowest BCUT2D eigenvalue weighted by Gasteiger charge is -2.24. The molecule has 0 spiro atoms. The molecule has 88 valence electrons. The van der Waals surface area contributed by atoms with Crippen LogP contribution in [0.5, 0.6) is 0 Å². The Morgan fingerprint density at radius 2 is 2.13 bits per heavy atom. The van der Waals surface area contributed by atoms with Crippen LogP contribution in [-0.4, -0.2) is 42.8 Å². The van der Waals surface area contributed by atoms with Gasteiger partial charge in [0.05, 0.1) is 6.04 Å². The van der Waals surface area contributed by atoms with Crippen LogP contribution in [0.4, 0.5) is 0 Å². The summed E-state index contributed by atoms with van der Waals surface area (Å²) in [6.07, 6.45) is 1.90. The van der Waals surface area contributed by atoms with Crippen LogP contribution in [0.25, 0.3) is 0 Å². The lowest BCUT2D eigenvalue weighted by molar-refractivity contribution is -0.123. The number of hydrogen-bond acceptors (Lipinski definition) is 4. The van der Waals surface area contributed by atoms with E-state index in [1.165, 1.54) is 0 Å². The normalized spacial score (nSPS) is 27.1. The zero-order chi connectivity index (χ0) is 9.80. The first-order valence-corrected chi connectivity index (χ1v) is 6.21. The summed E-state index contributed by atoms with van der Waals surface area (Å²) in [5.41, 5.74) is 0. The molecule has 1 amide bonds. The van der Waals surface area contributed by atoms with E-state index in [9.17, 15) is 4.79 Å². The minimum atomic E-state index is 0. The number of carbonyl (C=O) groups is 1. The van der Waals surface area contributed by atoms with Gasteiger partial charge in [-0.05, 0) is 12.8 Å². The second kappa shape index (κ2) is 6.58. The average Bonchev–Trinajstić information content (AvgIpc) is 2.72. The molecule has 0 aromatic carbocycles. The predicted molar refractivity (Wildman–Crippen MR) is 63.5 cm³/mol. The van der Waals surface area contributed by atoms with Gasteiger partial charge in [0.25, 0.3) is 0 Å². The SMILES string of the molecule is Cl.O=C(NC1CCOCC1)C1CSCN1. The van der Waals surface area contributed by atoms with Crippen molar-refractivity contribution in [1.82, 2.24) is 10.6 Å². The van der Waals surface area contributed by atoms with Crippen LogP contribution in [0.3, 0.4) is 0 Å². The summed E-state index contributed by atoms with van der Waals surface area (Å²) in [6.45, 7) is 1.55. The third kappa shape index (κ3) is 3.83. The van der Waals surface area contributed by atoms with Gasteiger partial charge in [-0.25, -0.2) is 0 Å². The Bertz CT molecular complexity index is 206. The zero-order valence-electron chi connectivity index (χ0n) is 8.53. The smallest absolute Gasteiger partial charge is 0.238 e. The van der Waals surface area contributed by atoms with Gasteiger partial charge >= 0.3 is 0 Å². The van der Waals surface area contributed by atoms with Gasteiger partial charge in [-0.15, -0.1) is 24.2 Å². The van der Waals surface area contributed by atoms with Crippen molar-refractivity contribution in [3.8, 4) is 0 Å². The minimum absolute atomic E-state index is 0. The maximum Gasteiger partial charge on any atom is 0.238 e. The number of amides is 1. The van der Waals surface area contributed by atoms with E-state index >= 15 is 0 Å². The minimum Gasteiger partial charge on any atom is -0.381 e. The molecule has 4 nitrogen and oxygen atoms in total. The molecule has 2 rings (SSSR count). The van der Waals surface area contributed by atoms with E-state index in [0.717, 1.165) is 37.7 Å². The van der Waals surface area contributed by atoms with E-state index in [2.05, 4.69) is 10.6 Å². The molecule has 2 heterocycles. The lowest BCUT2D eigenvalue weighted by atomic mass is 10.1. The van der Waals surface area contributed by atoms with Crippen molar-refractivity contribution >= 4 is 30.1 Å². The summed E-state index contributed by atoms with van der Waals surface area (Å²) in [7, 11) is 0. The van der Waals surface area contributed by atoms with Gasteiger partial charge in [-0.3, -0.25) is 10.1 Å². The summed E-state index contributed by atoms with van der Waals surface area (Å²) in [5, 5.41) is 6.23. The van der Waals surface area contributed by atoms with Gasteiger partial charge < -0.3 is 10.1 Å². The molecule has 2 N–H and O–H groups in total. The summed E-state index contributed by atoms with van der Waals surface area (Å²) in [6, 6.07) is 0.339.